The van der Waals surface area contributed by atoms with Crippen molar-refractivity contribution in [2.45, 2.75) is 13.0 Å². The van der Waals surface area contributed by atoms with Crippen LogP contribution in [0.1, 0.15) is 12.5 Å². The summed E-state index contributed by atoms with van der Waals surface area (Å²) in [7, 11) is 3.03. The van der Waals surface area contributed by atoms with Crippen LogP contribution in [0.4, 0.5) is 5.69 Å². The van der Waals surface area contributed by atoms with E-state index in [9.17, 15) is 14.4 Å². The van der Waals surface area contributed by atoms with Crippen LogP contribution in [0.2, 0.25) is 0 Å². The first-order chi connectivity index (χ1) is 14.4. The number of carbonyl (C=O) groups is 3. The number of hydrogen-bond acceptors (Lipinski definition) is 8. The number of benzene rings is 2. The summed E-state index contributed by atoms with van der Waals surface area (Å²) in [6.45, 7) is 1.29. The van der Waals surface area contributed by atoms with Gasteiger partial charge in [-0.1, -0.05) is 0 Å². The molecule has 2 aliphatic heterocycles. The van der Waals surface area contributed by atoms with Crippen LogP contribution in [-0.2, 0) is 19.2 Å². The quantitative estimate of drug-likeness (QED) is 0.452. The van der Waals surface area contributed by atoms with E-state index in [1.165, 1.54) is 45.4 Å². The summed E-state index contributed by atoms with van der Waals surface area (Å²) in [5.41, 5.74) is 4.13. The van der Waals surface area contributed by atoms with Gasteiger partial charge in [-0.05, 0) is 36.4 Å². The number of hydrogen-bond donors (Lipinski definition) is 1. The summed E-state index contributed by atoms with van der Waals surface area (Å²) in [6, 6.07) is 11.2. The van der Waals surface area contributed by atoms with E-state index >= 15 is 0 Å². The lowest BCUT2D eigenvalue weighted by Crippen LogP contribution is -2.34. The summed E-state index contributed by atoms with van der Waals surface area (Å²) in [4.78, 5) is 43.5. The van der Waals surface area contributed by atoms with E-state index in [1.54, 1.807) is 18.2 Å². The van der Waals surface area contributed by atoms with Crippen LogP contribution in [0.25, 0.3) is 5.70 Å². The molecule has 2 heterocycles. The minimum Gasteiger partial charge on any atom is -0.497 e. The van der Waals surface area contributed by atoms with E-state index in [1.807, 2.05) is 0 Å². The topological polar surface area (TPSA) is 103 Å². The molecule has 2 aromatic carbocycles. The molecule has 2 aromatic rings. The maximum Gasteiger partial charge on any atom is 0.308 e. The van der Waals surface area contributed by atoms with Gasteiger partial charge in [-0.25, -0.2) is 4.90 Å². The number of methoxy groups -OCH3 is 2. The SMILES string of the molecule is COc1ccc(C2=C3C(=O)N(c4ccc(OC(C)=O)cc4)C(=O)[C@H]3ON2)c(OC)c1. The Morgan fingerprint density at radius 2 is 1.73 bits per heavy atom. The zero-order chi connectivity index (χ0) is 21.4. The maximum absolute atomic E-state index is 13.1. The molecule has 1 fully saturated rings. The molecule has 0 bridgehead atoms. The number of fused-ring (bicyclic) bond motifs is 1. The Balaban J connectivity index is 1.72. The number of nitrogens with one attached hydrogen (secondary N) is 1. The van der Waals surface area contributed by atoms with Crippen molar-refractivity contribution in [3.63, 3.8) is 0 Å². The van der Waals surface area contributed by atoms with Crippen LogP contribution in [0.5, 0.6) is 17.2 Å². The van der Waals surface area contributed by atoms with Crippen molar-refractivity contribution in [2.24, 2.45) is 0 Å². The lowest BCUT2D eigenvalue weighted by Gasteiger charge is -2.17. The van der Waals surface area contributed by atoms with Crippen molar-refractivity contribution in [2.75, 3.05) is 19.1 Å². The molecule has 0 spiro atoms. The van der Waals surface area contributed by atoms with Crippen LogP contribution in [-0.4, -0.2) is 38.1 Å². The van der Waals surface area contributed by atoms with Crippen molar-refractivity contribution in [3.05, 3.63) is 53.6 Å². The Bertz CT molecular complexity index is 1080. The summed E-state index contributed by atoms with van der Waals surface area (Å²) in [5, 5.41) is 0. The maximum atomic E-state index is 13.1. The summed E-state index contributed by atoms with van der Waals surface area (Å²) in [5.74, 6) is -0.147. The number of anilines is 1. The number of hydroxylamine groups is 1. The number of ether oxygens (including phenoxy) is 3. The van der Waals surface area contributed by atoms with Crippen molar-refractivity contribution in [1.82, 2.24) is 5.48 Å². The second-order valence-corrected chi connectivity index (χ2v) is 6.52. The third-order valence-electron chi connectivity index (χ3n) is 4.72. The Morgan fingerprint density at radius 3 is 2.37 bits per heavy atom. The summed E-state index contributed by atoms with van der Waals surface area (Å²) in [6.07, 6.45) is -1.08. The van der Waals surface area contributed by atoms with Crippen molar-refractivity contribution < 1.29 is 33.4 Å². The van der Waals surface area contributed by atoms with Gasteiger partial charge in [0.15, 0.2) is 6.10 Å². The molecule has 0 radical (unpaired) electrons. The average molecular weight is 410 g/mol. The first-order valence-electron chi connectivity index (χ1n) is 8.99. The van der Waals surface area contributed by atoms with E-state index in [0.29, 0.717) is 34.2 Å². The number of imide groups is 1. The number of carbonyl (C=O) groups excluding carboxylic acids is 3. The zero-order valence-corrected chi connectivity index (χ0v) is 16.4. The average Bonchev–Trinajstić information content (AvgIpc) is 3.28. The van der Waals surface area contributed by atoms with Gasteiger partial charge >= 0.3 is 5.97 Å². The third-order valence-corrected chi connectivity index (χ3v) is 4.72. The highest BCUT2D eigenvalue weighted by Gasteiger charge is 2.51. The molecule has 4 rings (SSSR count). The number of rotatable bonds is 5. The normalized spacial score (nSPS) is 17.7. The Kier molecular flexibility index (Phi) is 4.88. The molecule has 0 unspecified atom stereocenters. The van der Waals surface area contributed by atoms with Crippen LogP contribution in [0.3, 0.4) is 0 Å². The Hall–Kier alpha value is -3.85. The fourth-order valence-electron chi connectivity index (χ4n) is 3.37. The van der Waals surface area contributed by atoms with Gasteiger partial charge in [-0.15, -0.1) is 0 Å². The molecule has 30 heavy (non-hydrogen) atoms. The molecule has 9 heteroatoms. The number of esters is 1. The molecule has 2 amide bonds. The molecule has 1 N–H and O–H groups in total. The second kappa shape index (κ2) is 7.53. The number of nitrogens with zero attached hydrogens (tertiary/aromatic N) is 1. The van der Waals surface area contributed by atoms with Crippen LogP contribution < -0.4 is 24.6 Å². The van der Waals surface area contributed by atoms with Crippen LogP contribution in [0.15, 0.2) is 48.0 Å². The number of amides is 2. The fourth-order valence-corrected chi connectivity index (χ4v) is 3.37. The van der Waals surface area contributed by atoms with E-state index in [-0.39, 0.29) is 5.57 Å². The predicted molar refractivity (Wildman–Crippen MR) is 105 cm³/mol. The minimum absolute atomic E-state index is 0.188. The van der Waals surface area contributed by atoms with Gasteiger partial charge in [0.25, 0.3) is 11.8 Å². The van der Waals surface area contributed by atoms with Gasteiger partial charge in [-0.3, -0.25) is 24.7 Å². The van der Waals surface area contributed by atoms with Gasteiger partial charge in [0, 0.05) is 18.6 Å². The lowest BCUT2D eigenvalue weighted by atomic mass is 10.0. The van der Waals surface area contributed by atoms with Gasteiger partial charge < -0.3 is 14.2 Å². The third kappa shape index (κ3) is 3.15. The molecule has 0 aromatic heterocycles. The van der Waals surface area contributed by atoms with Gasteiger partial charge in [0.1, 0.15) is 17.2 Å². The smallest absolute Gasteiger partial charge is 0.308 e. The lowest BCUT2D eigenvalue weighted by molar-refractivity contribution is -0.132. The predicted octanol–water partition coefficient (Wildman–Crippen LogP) is 1.82. The van der Waals surface area contributed by atoms with Crippen LogP contribution >= 0.6 is 0 Å². The molecular formula is C21H18N2O7. The molecule has 154 valence electrons. The minimum atomic E-state index is -1.08. The van der Waals surface area contributed by atoms with Crippen molar-refractivity contribution >= 4 is 29.2 Å². The van der Waals surface area contributed by atoms with E-state index in [0.717, 1.165) is 4.90 Å². The first kappa shape index (κ1) is 19.5. The van der Waals surface area contributed by atoms with Gasteiger partial charge in [-0.2, -0.15) is 0 Å². The molecule has 1 atom stereocenters. The van der Waals surface area contributed by atoms with Crippen molar-refractivity contribution in [3.8, 4) is 17.2 Å². The Labute approximate surface area is 171 Å². The first-order valence-corrected chi connectivity index (χ1v) is 8.99. The Morgan fingerprint density at radius 1 is 1.03 bits per heavy atom. The van der Waals surface area contributed by atoms with Crippen LogP contribution in [0, 0.1) is 0 Å². The standard InChI is InChI=1S/C21H18N2O7/c1-11(24)29-13-6-4-12(5-7-13)23-20(25)17-18(22-30-19(17)21(23)26)15-9-8-14(27-2)10-16(15)28-3/h4-10,19,22H,1-3H3/t19-/m0/s1. The van der Waals surface area contributed by atoms with Crippen molar-refractivity contribution in [1.29, 1.82) is 0 Å². The zero-order valence-electron chi connectivity index (χ0n) is 16.4. The highest BCUT2D eigenvalue weighted by Crippen LogP contribution is 2.39. The highest BCUT2D eigenvalue weighted by atomic mass is 16.7. The van der Waals surface area contributed by atoms with Gasteiger partial charge in [0.05, 0.1) is 31.2 Å². The van der Waals surface area contributed by atoms with E-state index < -0.39 is 23.9 Å². The summed E-state index contributed by atoms with van der Waals surface area (Å²) >= 11 is 0. The molecule has 2 aliphatic rings. The fraction of sp³-hybridized carbons (Fsp3) is 0.190. The molecule has 1 saturated heterocycles. The van der Waals surface area contributed by atoms with Gasteiger partial charge in [0.2, 0.25) is 0 Å². The molecular weight excluding hydrogens is 392 g/mol. The summed E-state index contributed by atoms with van der Waals surface area (Å²) < 4.78 is 15.6. The largest absolute Gasteiger partial charge is 0.497 e. The monoisotopic (exact) mass is 410 g/mol. The molecule has 9 nitrogen and oxygen atoms in total. The van der Waals surface area contributed by atoms with E-state index in [4.69, 9.17) is 19.0 Å². The van der Waals surface area contributed by atoms with E-state index in [2.05, 4.69) is 5.48 Å². The molecule has 0 saturated carbocycles. The second-order valence-electron chi connectivity index (χ2n) is 6.52. The molecule has 0 aliphatic carbocycles. The highest BCUT2D eigenvalue weighted by molar-refractivity contribution is 6.33.